The van der Waals surface area contributed by atoms with Crippen LogP contribution >= 0.6 is 0 Å². The zero-order valence-electron chi connectivity index (χ0n) is 20.4. The van der Waals surface area contributed by atoms with Crippen LogP contribution in [0.1, 0.15) is 0 Å². The summed E-state index contributed by atoms with van der Waals surface area (Å²) in [5.74, 6) is 1.36. The van der Waals surface area contributed by atoms with Gasteiger partial charge in [0.2, 0.25) is 0 Å². The van der Waals surface area contributed by atoms with Gasteiger partial charge in [0, 0.05) is 10.8 Å². The van der Waals surface area contributed by atoms with Gasteiger partial charge in [-0.25, -0.2) is 0 Å². The Morgan fingerprint density at radius 1 is 0.436 bits per heavy atom. The van der Waals surface area contributed by atoms with Crippen molar-refractivity contribution < 1.29 is 14.2 Å². The van der Waals surface area contributed by atoms with E-state index in [9.17, 15) is 10.5 Å². The molecule has 0 aliphatic carbocycles. The lowest BCUT2D eigenvalue weighted by molar-refractivity contribution is 0.508. The third-order valence-corrected chi connectivity index (χ3v) is 6.78. The first kappa shape index (κ1) is 23.4. The maximum atomic E-state index is 9.46. The molecule has 0 saturated heterocycles. The Morgan fingerprint density at radius 2 is 1.00 bits per heavy atom. The van der Waals surface area contributed by atoms with E-state index in [-0.39, 0.29) is 0 Å². The molecule has 0 aliphatic heterocycles. The Labute approximate surface area is 223 Å². The number of ether oxygens (including phenoxy) is 3. The SMILES string of the molecule is N#COc1ccc2c(-c3ccc(-c4cccc5cccc(OC#N)c45)c4cccc(OC#N)c34)cccc2c1. The van der Waals surface area contributed by atoms with E-state index in [0.29, 0.717) is 17.2 Å². The molecule has 0 spiro atoms. The molecule has 0 amide bonds. The summed E-state index contributed by atoms with van der Waals surface area (Å²) in [5.41, 5.74) is 3.61. The first-order valence-electron chi connectivity index (χ1n) is 12.0. The van der Waals surface area contributed by atoms with Gasteiger partial charge in [-0.15, -0.1) is 15.8 Å². The van der Waals surface area contributed by atoms with E-state index in [1.807, 2.05) is 91.2 Å². The maximum Gasteiger partial charge on any atom is 0.292 e. The van der Waals surface area contributed by atoms with E-state index in [0.717, 1.165) is 54.6 Å². The normalized spacial score (nSPS) is 10.5. The van der Waals surface area contributed by atoms with Crippen molar-refractivity contribution in [1.82, 2.24) is 0 Å². The largest absolute Gasteiger partial charge is 0.388 e. The highest BCUT2D eigenvalue weighted by molar-refractivity contribution is 6.15. The number of nitriles is 3. The minimum absolute atomic E-state index is 0.432. The summed E-state index contributed by atoms with van der Waals surface area (Å²) in [6.45, 7) is 0. The summed E-state index contributed by atoms with van der Waals surface area (Å²) < 4.78 is 15.8. The minimum atomic E-state index is 0.432. The highest BCUT2D eigenvalue weighted by atomic mass is 16.5. The number of benzene rings is 6. The van der Waals surface area contributed by atoms with Crippen LogP contribution in [0.2, 0.25) is 0 Å². The molecule has 0 saturated carbocycles. The zero-order valence-corrected chi connectivity index (χ0v) is 20.4. The van der Waals surface area contributed by atoms with Gasteiger partial charge in [0.15, 0.2) is 11.5 Å². The molecule has 0 aromatic heterocycles. The summed E-state index contributed by atoms with van der Waals surface area (Å²) in [4.78, 5) is 0. The van der Waals surface area contributed by atoms with Gasteiger partial charge in [-0.1, -0.05) is 78.9 Å². The number of fused-ring (bicyclic) bond motifs is 3. The highest BCUT2D eigenvalue weighted by Crippen LogP contribution is 2.45. The van der Waals surface area contributed by atoms with Crippen LogP contribution in [-0.4, -0.2) is 0 Å². The van der Waals surface area contributed by atoms with Crippen LogP contribution < -0.4 is 14.2 Å². The topological polar surface area (TPSA) is 99.1 Å². The van der Waals surface area contributed by atoms with Crippen molar-refractivity contribution in [2.75, 3.05) is 0 Å². The molecule has 6 aromatic rings. The van der Waals surface area contributed by atoms with Gasteiger partial charge in [0.1, 0.15) is 5.75 Å². The van der Waals surface area contributed by atoms with E-state index in [1.54, 1.807) is 30.7 Å². The van der Waals surface area contributed by atoms with Crippen LogP contribution in [0.4, 0.5) is 0 Å². The predicted molar refractivity (Wildman–Crippen MR) is 149 cm³/mol. The smallest absolute Gasteiger partial charge is 0.292 e. The second-order valence-electron chi connectivity index (χ2n) is 8.77. The number of hydrogen-bond donors (Lipinski definition) is 0. The van der Waals surface area contributed by atoms with Gasteiger partial charge in [-0.2, -0.15) is 0 Å². The molecule has 6 rings (SSSR count). The predicted octanol–water partition coefficient (Wildman–Crippen LogP) is 8.06. The van der Waals surface area contributed by atoms with Crippen LogP contribution in [0.15, 0.2) is 103 Å². The molecule has 6 aromatic carbocycles. The molecule has 0 aliphatic rings. The van der Waals surface area contributed by atoms with Crippen molar-refractivity contribution in [2.24, 2.45) is 0 Å². The molecule has 0 unspecified atom stereocenters. The van der Waals surface area contributed by atoms with E-state index in [2.05, 4.69) is 0 Å². The highest BCUT2D eigenvalue weighted by Gasteiger charge is 2.18. The fraction of sp³-hybridized carbons (Fsp3) is 0. The summed E-state index contributed by atoms with van der Waals surface area (Å²) in [5, 5.41) is 32.9. The summed E-state index contributed by atoms with van der Waals surface area (Å²) in [6.07, 6.45) is 5.33. The van der Waals surface area contributed by atoms with Crippen molar-refractivity contribution in [3.8, 4) is 58.3 Å². The average molecular weight is 504 g/mol. The lowest BCUT2D eigenvalue weighted by atomic mass is 9.88. The van der Waals surface area contributed by atoms with Crippen molar-refractivity contribution in [3.05, 3.63) is 103 Å². The van der Waals surface area contributed by atoms with E-state index in [1.165, 1.54) is 0 Å². The van der Waals surface area contributed by atoms with Crippen molar-refractivity contribution >= 4 is 32.3 Å². The molecule has 182 valence electrons. The molecule has 0 heterocycles. The van der Waals surface area contributed by atoms with E-state index in [4.69, 9.17) is 19.5 Å². The van der Waals surface area contributed by atoms with Gasteiger partial charge in [-0.3, -0.25) is 0 Å². The number of rotatable bonds is 5. The number of nitrogens with zero attached hydrogens (tertiary/aromatic N) is 3. The number of hydrogen-bond acceptors (Lipinski definition) is 6. The van der Waals surface area contributed by atoms with E-state index >= 15 is 0 Å². The fourth-order valence-electron chi connectivity index (χ4n) is 5.24. The van der Waals surface area contributed by atoms with Crippen LogP contribution in [0.5, 0.6) is 17.2 Å². The molecular formula is C33H17N3O3. The molecule has 0 radical (unpaired) electrons. The Kier molecular flexibility index (Phi) is 5.87. The van der Waals surface area contributed by atoms with Gasteiger partial charge in [0.05, 0.1) is 0 Å². The first-order chi connectivity index (χ1) is 19.2. The third kappa shape index (κ3) is 3.98. The van der Waals surface area contributed by atoms with Crippen molar-refractivity contribution in [1.29, 1.82) is 15.8 Å². The third-order valence-electron chi connectivity index (χ3n) is 6.78. The Bertz CT molecular complexity index is 2040. The molecule has 39 heavy (non-hydrogen) atoms. The lowest BCUT2D eigenvalue weighted by Gasteiger charge is -2.17. The fourth-order valence-corrected chi connectivity index (χ4v) is 5.24. The summed E-state index contributed by atoms with van der Waals surface area (Å²) in [7, 11) is 0. The maximum absolute atomic E-state index is 9.46. The quantitative estimate of drug-likeness (QED) is 0.221. The summed E-state index contributed by atoms with van der Waals surface area (Å²) in [6, 6.07) is 32.6. The average Bonchev–Trinajstić information content (AvgIpc) is 2.97. The standard InChI is InChI=1S/C33H17N3O3/c34-18-37-23-13-14-24-22(17-23)7-2-8-25(24)29-16-15-26(28-10-4-12-31(33(28)29)39-20-36)27-9-1-5-21-6-3-11-30(32(21)27)38-19-35/h1-17H. The zero-order chi connectivity index (χ0) is 26.8. The summed E-state index contributed by atoms with van der Waals surface area (Å²) >= 11 is 0. The minimum Gasteiger partial charge on any atom is -0.388 e. The monoisotopic (exact) mass is 503 g/mol. The second kappa shape index (κ2) is 9.79. The molecule has 6 heteroatoms. The molecule has 0 fully saturated rings. The van der Waals surface area contributed by atoms with Crippen LogP contribution in [0.3, 0.4) is 0 Å². The first-order valence-corrected chi connectivity index (χ1v) is 12.0. The Morgan fingerprint density at radius 3 is 1.74 bits per heavy atom. The van der Waals surface area contributed by atoms with Gasteiger partial charge < -0.3 is 14.2 Å². The van der Waals surface area contributed by atoms with Crippen LogP contribution in [-0.2, 0) is 0 Å². The molecule has 0 N–H and O–H groups in total. The second-order valence-corrected chi connectivity index (χ2v) is 8.77. The van der Waals surface area contributed by atoms with Gasteiger partial charge in [-0.05, 0) is 68.1 Å². The Hall–Kier alpha value is -6.03. The lowest BCUT2D eigenvalue weighted by Crippen LogP contribution is -1.93. The van der Waals surface area contributed by atoms with E-state index < -0.39 is 0 Å². The van der Waals surface area contributed by atoms with Gasteiger partial charge in [0.25, 0.3) is 18.8 Å². The van der Waals surface area contributed by atoms with Crippen LogP contribution in [0.25, 0.3) is 54.6 Å². The molecule has 6 nitrogen and oxygen atoms in total. The molecular weight excluding hydrogens is 486 g/mol. The van der Waals surface area contributed by atoms with Gasteiger partial charge >= 0.3 is 0 Å². The molecule has 0 atom stereocenters. The van der Waals surface area contributed by atoms with Crippen molar-refractivity contribution in [3.63, 3.8) is 0 Å². The van der Waals surface area contributed by atoms with Crippen molar-refractivity contribution in [2.45, 2.75) is 0 Å². The Balaban J connectivity index is 1.68. The molecule has 0 bridgehead atoms. The van der Waals surface area contributed by atoms with Crippen LogP contribution in [0, 0.1) is 34.6 Å².